The number of hydrogen-bond acceptors (Lipinski definition) is 2. The van der Waals surface area contributed by atoms with Crippen molar-refractivity contribution < 1.29 is 9.76 Å². The van der Waals surface area contributed by atoms with Crippen molar-refractivity contribution in [2.75, 3.05) is 0 Å². The lowest BCUT2D eigenvalue weighted by Gasteiger charge is -2.37. The lowest BCUT2D eigenvalue weighted by atomic mass is 9.86. The zero-order valence-electron chi connectivity index (χ0n) is 9.58. The Balaban J connectivity index is 2.27. The number of aliphatic hydroxyl groups is 1. The van der Waals surface area contributed by atoms with Crippen LogP contribution in [0.25, 0.3) is 0 Å². The third kappa shape index (κ3) is 3.47. The van der Waals surface area contributed by atoms with E-state index in [0.29, 0.717) is 0 Å². The van der Waals surface area contributed by atoms with Crippen molar-refractivity contribution in [2.45, 2.75) is 51.7 Å². The van der Waals surface area contributed by atoms with E-state index in [4.69, 9.17) is 4.65 Å². The van der Waals surface area contributed by atoms with Crippen LogP contribution in [0.2, 0.25) is 0 Å². The van der Waals surface area contributed by atoms with Crippen LogP contribution in [0.3, 0.4) is 0 Å². The molecule has 14 heavy (non-hydrogen) atoms. The van der Waals surface area contributed by atoms with E-state index in [2.05, 4.69) is 6.08 Å². The molecule has 0 unspecified atom stereocenters. The molecule has 0 saturated heterocycles. The molecule has 0 aliphatic heterocycles. The summed E-state index contributed by atoms with van der Waals surface area (Å²) < 4.78 is 5.51. The number of rotatable bonds is 5. The van der Waals surface area contributed by atoms with E-state index >= 15 is 0 Å². The summed E-state index contributed by atoms with van der Waals surface area (Å²) in [6.07, 6.45) is 4.76. The minimum atomic E-state index is -0.836. The molecule has 1 fully saturated rings. The molecule has 1 rings (SSSR count). The number of hydrogen-bond donors (Lipinski definition) is 1. The van der Waals surface area contributed by atoms with Crippen molar-refractivity contribution in [1.82, 2.24) is 0 Å². The van der Waals surface area contributed by atoms with E-state index in [9.17, 15) is 5.11 Å². The lowest BCUT2D eigenvalue weighted by Crippen LogP contribution is -2.47. The van der Waals surface area contributed by atoms with Gasteiger partial charge in [0.2, 0.25) is 0 Å². The van der Waals surface area contributed by atoms with Gasteiger partial charge in [-0.05, 0) is 46.5 Å². The standard InChI is InChI=1S/C11H20BO2/c1-10(2,13)11(3,4)14-12-8-7-9-5-6-9/h7-9,13H,5-6H2,1-4H3/b8-7+. The Morgan fingerprint density at radius 2 is 1.86 bits per heavy atom. The zero-order chi connectivity index (χ0) is 10.8. The van der Waals surface area contributed by atoms with Crippen molar-refractivity contribution in [1.29, 1.82) is 0 Å². The fourth-order valence-electron chi connectivity index (χ4n) is 0.845. The van der Waals surface area contributed by atoms with Gasteiger partial charge in [0.1, 0.15) is 0 Å². The first kappa shape index (κ1) is 11.8. The molecule has 0 spiro atoms. The van der Waals surface area contributed by atoms with Crippen LogP contribution in [0, 0.1) is 5.92 Å². The molecule has 1 aliphatic carbocycles. The average molecular weight is 195 g/mol. The predicted octanol–water partition coefficient (Wildman–Crippen LogP) is 2.10. The van der Waals surface area contributed by atoms with Crippen LogP contribution in [0.15, 0.2) is 12.1 Å². The molecular formula is C11H20BO2. The largest absolute Gasteiger partial charge is 0.427 e. The maximum absolute atomic E-state index is 9.80. The maximum Gasteiger partial charge on any atom is 0.322 e. The number of allylic oxidation sites excluding steroid dienone is 1. The highest BCUT2D eigenvalue weighted by molar-refractivity contribution is 6.34. The normalized spacial score (nSPS) is 18.9. The summed E-state index contributed by atoms with van der Waals surface area (Å²) >= 11 is 0. The van der Waals surface area contributed by atoms with E-state index in [1.165, 1.54) is 12.8 Å². The summed E-state index contributed by atoms with van der Waals surface area (Å²) in [7, 11) is 1.68. The van der Waals surface area contributed by atoms with Crippen molar-refractivity contribution in [3.05, 3.63) is 12.1 Å². The summed E-state index contributed by atoms with van der Waals surface area (Å²) in [5.41, 5.74) is -1.39. The van der Waals surface area contributed by atoms with E-state index in [-0.39, 0.29) is 0 Å². The van der Waals surface area contributed by atoms with Crippen LogP contribution in [-0.4, -0.2) is 23.8 Å². The van der Waals surface area contributed by atoms with Gasteiger partial charge < -0.3 is 9.76 Å². The van der Waals surface area contributed by atoms with Crippen LogP contribution < -0.4 is 0 Å². The van der Waals surface area contributed by atoms with E-state index in [1.807, 2.05) is 19.8 Å². The van der Waals surface area contributed by atoms with E-state index in [0.717, 1.165) is 5.92 Å². The highest BCUT2D eigenvalue weighted by atomic mass is 16.5. The summed E-state index contributed by atoms with van der Waals surface area (Å²) in [5, 5.41) is 9.80. The van der Waals surface area contributed by atoms with Crippen LogP contribution in [0.5, 0.6) is 0 Å². The van der Waals surface area contributed by atoms with Gasteiger partial charge in [-0.3, -0.25) is 0 Å². The van der Waals surface area contributed by atoms with Crippen molar-refractivity contribution in [3.8, 4) is 0 Å². The van der Waals surface area contributed by atoms with Gasteiger partial charge in [-0.15, -0.1) is 0 Å². The molecule has 0 bridgehead atoms. The van der Waals surface area contributed by atoms with Gasteiger partial charge in [0, 0.05) is 0 Å². The molecule has 1 aliphatic rings. The molecule has 1 N–H and O–H groups in total. The second-order valence-corrected chi connectivity index (χ2v) is 5.05. The summed E-state index contributed by atoms with van der Waals surface area (Å²) in [4.78, 5) is 0. The monoisotopic (exact) mass is 195 g/mol. The molecular weight excluding hydrogens is 175 g/mol. The van der Waals surface area contributed by atoms with Crippen LogP contribution in [0.1, 0.15) is 40.5 Å². The maximum atomic E-state index is 9.80. The summed E-state index contributed by atoms with van der Waals surface area (Å²) in [6.45, 7) is 7.28. The molecule has 0 aromatic heterocycles. The first-order valence-corrected chi connectivity index (χ1v) is 5.23. The molecule has 0 aromatic rings. The van der Waals surface area contributed by atoms with Gasteiger partial charge in [0.15, 0.2) is 0 Å². The van der Waals surface area contributed by atoms with E-state index < -0.39 is 11.2 Å². The highest BCUT2D eigenvalue weighted by Crippen LogP contribution is 2.30. The second kappa shape index (κ2) is 4.07. The Hall–Kier alpha value is -0.275. The molecule has 0 heterocycles. The molecule has 1 radical (unpaired) electrons. The third-order valence-corrected chi connectivity index (χ3v) is 2.92. The fourth-order valence-corrected chi connectivity index (χ4v) is 0.845. The summed E-state index contributed by atoms with van der Waals surface area (Å²) in [5.74, 6) is 2.70. The molecule has 0 atom stereocenters. The zero-order valence-corrected chi connectivity index (χ0v) is 9.58. The molecule has 2 nitrogen and oxygen atoms in total. The first-order valence-electron chi connectivity index (χ1n) is 5.23. The van der Waals surface area contributed by atoms with Crippen LogP contribution in [0.4, 0.5) is 0 Å². The molecule has 79 valence electrons. The molecule has 3 heteroatoms. The molecule has 0 aromatic carbocycles. The van der Waals surface area contributed by atoms with Crippen LogP contribution in [-0.2, 0) is 4.65 Å². The first-order chi connectivity index (χ1) is 6.33. The van der Waals surface area contributed by atoms with Gasteiger partial charge in [-0.25, -0.2) is 0 Å². The Kier molecular flexibility index (Phi) is 3.43. The Morgan fingerprint density at radius 3 is 2.29 bits per heavy atom. The van der Waals surface area contributed by atoms with Gasteiger partial charge in [0.05, 0.1) is 11.2 Å². The van der Waals surface area contributed by atoms with Crippen molar-refractivity contribution >= 4 is 7.48 Å². The highest BCUT2D eigenvalue weighted by Gasteiger charge is 2.35. The fraction of sp³-hybridized carbons (Fsp3) is 0.818. The van der Waals surface area contributed by atoms with Crippen molar-refractivity contribution in [3.63, 3.8) is 0 Å². The lowest BCUT2D eigenvalue weighted by molar-refractivity contribution is -0.0894. The third-order valence-electron chi connectivity index (χ3n) is 2.92. The van der Waals surface area contributed by atoms with Gasteiger partial charge in [-0.1, -0.05) is 12.1 Å². The minimum Gasteiger partial charge on any atom is -0.427 e. The Labute approximate surface area is 87.6 Å². The quantitative estimate of drug-likeness (QED) is 0.680. The topological polar surface area (TPSA) is 29.5 Å². The smallest absolute Gasteiger partial charge is 0.322 e. The molecule has 1 saturated carbocycles. The minimum absolute atomic E-state index is 0.555. The predicted molar refractivity (Wildman–Crippen MR) is 59.1 cm³/mol. The Morgan fingerprint density at radius 1 is 1.29 bits per heavy atom. The average Bonchev–Trinajstić information content (AvgIpc) is 2.79. The Bertz CT molecular complexity index is 212. The van der Waals surface area contributed by atoms with Crippen LogP contribution >= 0.6 is 0 Å². The SMILES string of the molecule is CC(C)(O)C(C)(C)O[B]/C=C/C1CC1. The second-order valence-electron chi connectivity index (χ2n) is 5.05. The van der Waals surface area contributed by atoms with Gasteiger partial charge >= 0.3 is 7.48 Å². The molecule has 0 amide bonds. The van der Waals surface area contributed by atoms with Gasteiger partial charge in [0.25, 0.3) is 0 Å². The van der Waals surface area contributed by atoms with Crippen molar-refractivity contribution in [2.24, 2.45) is 5.92 Å². The summed E-state index contributed by atoms with van der Waals surface area (Å²) in [6, 6.07) is 0. The van der Waals surface area contributed by atoms with E-state index in [1.54, 1.807) is 21.3 Å². The van der Waals surface area contributed by atoms with Gasteiger partial charge in [-0.2, -0.15) is 0 Å².